The minimum atomic E-state index is -0.988. The van der Waals surface area contributed by atoms with E-state index >= 15 is 0 Å². The molecule has 2 aromatic rings. The largest absolute Gasteiger partial charge is 0.506 e. The zero-order chi connectivity index (χ0) is 14.5. The van der Waals surface area contributed by atoms with Crippen LogP contribution in [0, 0.1) is 6.92 Å². The van der Waals surface area contributed by atoms with E-state index in [-0.39, 0.29) is 5.75 Å². The number of carbonyl (C=O) groups is 1. The second-order valence-electron chi connectivity index (χ2n) is 4.15. The van der Waals surface area contributed by atoms with Crippen LogP contribution in [-0.2, 0) is 4.79 Å². The van der Waals surface area contributed by atoms with E-state index in [1.165, 1.54) is 18.3 Å². The molecule has 0 fully saturated rings. The second kappa shape index (κ2) is 5.88. The molecule has 0 radical (unpaired) electrons. The highest BCUT2D eigenvalue weighted by Crippen LogP contribution is 2.23. The first-order valence-electron chi connectivity index (χ1n) is 5.89. The Bertz CT molecular complexity index is 647. The Morgan fingerprint density at radius 2 is 2.10 bits per heavy atom. The normalized spacial score (nSPS) is 10.7. The molecule has 5 heteroatoms. The molecule has 0 atom stereocenters. The fraction of sp³-hybridized carbons (Fsp3) is 0.0667. The van der Waals surface area contributed by atoms with Crippen LogP contribution in [0.5, 0.6) is 17.4 Å². The number of aromatic hydroxyl groups is 1. The third-order valence-corrected chi connectivity index (χ3v) is 2.59. The number of pyridine rings is 1. The summed E-state index contributed by atoms with van der Waals surface area (Å²) < 4.78 is 5.53. The van der Waals surface area contributed by atoms with Crippen LogP contribution in [0.2, 0.25) is 0 Å². The maximum Gasteiger partial charge on any atom is 0.328 e. The average Bonchev–Trinajstić information content (AvgIpc) is 2.40. The molecule has 0 aliphatic carbocycles. The summed E-state index contributed by atoms with van der Waals surface area (Å²) in [4.78, 5) is 14.4. The predicted molar refractivity (Wildman–Crippen MR) is 73.8 cm³/mol. The molecule has 2 rings (SSSR count). The van der Waals surface area contributed by atoms with Crippen molar-refractivity contribution in [3.05, 3.63) is 53.7 Å². The van der Waals surface area contributed by atoms with Crippen LogP contribution in [0.25, 0.3) is 6.08 Å². The lowest BCUT2D eigenvalue weighted by molar-refractivity contribution is -0.131. The molecule has 0 aliphatic rings. The molecule has 0 saturated carbocycles. The number of ether oxygens (including phenoxy) is 1. The summed E-state index contributed by atoms with van der Waals surface area (Å²) >= 11 is 0. The van der Waals surface area contributed by atoms with Crippen LogP contribution in [-0.4, -0.2) is 21.2 Å². The summed E-state index contributed by atoms with van der Waals surface area (Å²) in [7, 11) is 0. The van der Waals surface area contributed by atoms with Gasteiger partial charge in [0, 0.05) is 12.1 Å². The zero-order valence-corrected chi connectivity index (χ0v) is 10.8. The predicted octanol–water partition coefficient (Wildman–Crippen LogP) is 2.99. The molecule has 2 N–H and O–H groups in total. The molecule has 20 heavy (non-hydrogen) atoms. The van der Waals surface area contributed by atoms with Crippen molar-refractivity contribution in [1.29, 1.82) is 0 Å². The van der Waals surface area contributed by atoms with Gasteiger partial charge >= 0.3 is 5.97 Å². The van der Waals surface area contributed by atoms with Gasteiger partial charge in [-0.05, 0) is 42.3 Å². The van der Waals surface area contributed by atoms with E-state index in [2.05, 4.69) is 4.98 Å². The molecule has 0 bridgehead atoms. The molecule has 5 nitrogen and oxygen atoms in total. The highest BCUT2D eigenvalue weighted by Gasteiger charge is 2.02. The van der Waals surface area contributed by atoms with E-state index < -0.39 is 5.97 Å². The number of aryl methyl sites for hydroxylation is 1. The van der Waals surface area contributed by atoms with E-state index in [0.717, 1.165) is 17.2 Å². The molecule has 0 spiro atoms. The topological polar surface area (TPSA) is 79.7 Å². The first-order valence-corrected chi connectivity index (χ1v) is 5.89. The van der Waals surface area contributed by atoms with Crippen molar-refractivity contribution in [3.63, 3.8) is 0 Å². The van der Waals surface area contributed by atoms with Crippen LogP contribution in [0.3, 0.4) is 0 Å². The maximum atomic E-state index is 10.5. The van der Waals surface area contributed by atoms with Crippen LogP contribution in [0.15, 0.2) is 42.6 Å². The van der Waals surface area contributed by atoms with E-state index in [9.17, 15) is 4.79 Å². The van der Waals surface area contributed by atoms with Crippen LogP contribution >= 0.6 is 0 Å². The third-order valence-electron chi connectivity index (χ3n) is 2.59. The first-order chi connectivity index (χ1) is 9.54. The Hall–Kier alpha value is -2.82. The number of benzene rings is 1. The van der Waals surface area contributed by atoms with Crippen molar-refractivity contribution in [3.8, 4) is 17.4 Å². The number of carboxylic acid groups (broad SMARTS) is 1. The summed E-state index contributed by atoms with van der Waals surface area (Å²) in [5.74, 6) is 0.0462. The van der Waals surface area contributed by atoms with Gasteiger partial charge < -0.3 is 14.9 Å². The number of hydrogen-bond donors (Lipinski definition) is 2. The minimum Gasteiger partial charge on any atom is -0.506 e. The smallest absolute Gasteiger partial charge is 0.328 e. The number of aromatic nitrogens is 1. The second-order valence-corrected chi connectivity index (χ2v) is 4.15. The fourth-order valence-electron chi connectivity index (χ4n) is 1.61. The average molecular weight is 271 g/mol. The van der Waals surface area contributed by atoms with Crippen molar-refractivity contribution in [2.75, 3.05) is 0 Å². The number of nitrogens with zero attached hydrogens (tertiary/aromatic N) is 1. The summed E-state index contributed by atoms with van der Waals surface area (Å²) in [6.45, 7) is 1.86. The van der Waals surface area contributed by atoms with Gasteiger partial charge in [0.2, 0.25) is 5.88 Å². The van der Waals surface area contributed by atoms with E-state index in [0.29, 0.717) is 11.6 Å². The lowest BCUT2D eigenvalue weighted by Gasteiger charge is -2.07. The zero-order valence-electron chi connectivity index (χ0n) is 10.8. The van der Waals surface area contributed by atoms with Gasteiger partial charge in [-0.15, -0.1) is 0 Å². The summed E-state index contributed by atoms with van der Waals surface area (Å²) in [6, 6.07) is 8.33. The molecule has 0 unspecified atom stereocenters. The van der Waals surface area contributed by atoms with Crippen molar-refractivity contribution in [2.24, 2.45) is 0 Å². The molecular formula is C15H13NO4. The van der Waals surface area contributed by atoms with E-state index in [4.69, 9.17) is 14.9 Å². The number of carboxylic acids is 1. The van der Waals surface area contributed by atoms with Gasteiger partial charge in [-0.3, -0.25) is 0 Å². The van der Waals surface area contributed by atoms with Crippen LogP contribution in [0.4, 0.5) is 0 Å². The quantitative estimate of drug-likeness (QED) is 0.836. The van der Waals surface area contributed by atoms with Gasteiger partial charge in [0.1, 0.15) is 11.5 Å². The Labute approximate surface area is 115 Å². The third kappa shape index (κ3) is 3.58. The molecule has 1 heterocycles. The minimum absolute atomic E-state index is 0.0719. The Morgan fingerprint density at radius 3 is 2.70 bits per heavy atom. The lowest BCUT2D eigenvalue weighted by Crippen LogP contribution is -1.90. The molecule has 0 saturated heterocycles. The number of aliphatic carboxylic acids is 1. The van der Waals surface area contributed by atoms with Gasteiger partial charge in [0.05, 0.1) is 6.20 Å². The molecular weight excluding hydrogens is 258 g/mol. The summed E-state index contributed by atoms with van der Waals surface area (Å²) in [6.07, 6.45) is 3.91. The first kappa shape index (κ1) is 13.6. The Balaban J connectivity index is 2.16. The summed E-state index contributed by atoms with van der Waals surface area (Å²) in [5.41, 5.74) is 1.69. The molecule has 1 aromatic carbocycles. The van der Waals surface area contributed by atoms with Crippen LogP contribution in [0.1, 0.15) is 11.1 Å². The van der Waals surface area contributed by atoms with Crippen molar-refractivity contribution >= 4 is 12.0 Å². The van der Waals surface area contributed by atoms with E-state index in [1.54, 1.807) is 24.3 Å². The van der Waals surface area contributed by atoms with Gasteiger partial charge in [0.15, 0.2) is 0 Å². The highest BCUT2D eigenvalue weighted by molar-refractivity contribution is 5.85. The fourth-order valence-corrected chi connectivity index (χ4v) is 1.61. The standard InChI is InChI=1S/C15H13NO4/c1-10-8-13(5-2-11(10)3-7-15(18)19)20-14-6-4-12(17)9-16-14/h2-9,17H,1H3,(H,18,19). The monoisotopic (exact) mass is 271 g/mol. The van der Waals surface area contributed by atoms with Crippen LogP contribution < -0.4 is 4.74 Å². The van der Waals surface area contributed by atoms with Gasteiger partial charge in [-0.25, -0.2) is 9.78 Å². The van der Waals surface area contributed by atoms with Crippen molar-refractivity contribution in [1.82, 2.24) is 4.98 Å². The van der Waals surface area contributed by atoms with E-state index in [1.807, 2.05) is 6.92 Å². The highest BCUT2D eigenvalue weighted by atomic mass is 16.5. The van der Waals surface area contributed by atoms with Crippen molar-refractivity contribution < 1.29 is 19.7 Å². The van der Waals surface area contributed by atoms with Gasteiger partial charge in [-0.2, -0.15) is 0 Å². The Morgan fingerprint density at radius 1 is 1.30 bits per heavy atom. The molecule has 102 valence electrons. The SMILES string of the molecule is Cc1cc(Oc2ccc(O)cn2)ccc1C=CC(=O)O. The number of rotatable bonds is 4. The summed E-state index contributed by atoms with van der Waals surface area (Å²) in [5, 5.41) is 17.7. The molecule has 1 aromatic heterocycles. The van der Waals surface area contributed by atoms with Gasteiger partial charge in [-0.1, -0.05) is 6.07 Å². The molecule has 0 amide bonds. The van der Waals surface area contributed by atoms with Crippen molar-refractivity contribution in [2.45, 2.75) is 6.92 Å². The maximum absolute atomic E-state index is 10.5. The van der Waals surface area contributed by atoms with Gasteiger partial charge in [0.25, 0.3) is 0 Å². The Kier molecular flexibility index (Phi) is 4.00. The molecule has 0 aliphatic heterocycles. The lowest BCUT2D eigenvalue weighted by atomic mass is 10.1. The number of hydrogen-bond acceptors (Lipinski definition) is 4.